The second kappa shape index (κ2) is 3.17. The van der Waals surface area contributed by atoms with Gasteiger partial charge in [0.05, 0.1) is 5.66 Å². The first-order valence-corrected chi connectivity index (χ1v) is 6.81. The predicted molar refractivity (Wildman–Crippen MR) is 62.4 cm³/mol. The van der Waals surface area contributed by atoms with Crippen LogP contribution in [0.15, 0.2) is 36.4 Å². The van der Waals surface area contributed by atoms with Gasteiger partial charge >= 0.3 is 7.60 Å². The van der Waals surface area contributed by atoms with Crippen LogP contribution in [0.1, 0.15) is 16.8 Å². The highest BCUT2D eigenvalue weighted by Crippen LogP contribution is 2.58. The molecule has 0 aromatic heterocycles. The molecule has 16 heavy (non-hydrogen) atoms. The van der Waals surface area contributed by atoms with Crippen LogP contribution in [0.5, 0.6) is 0 Å². The van der Waals surface area contributed by atoms with Gasteiger partial charge in [-0.1, -0.05) is 36.4 Å². The van der Waals surface area contributed by atoms with Crippen molar-refractivity contribution in [3.63, 3.8) is 0 Å². The molecule has 3 rings (SSSR count). The maximum absolute atomic E-state index is 11.4. The Labute approximate surface area is 92.9 Å². The molecule has 0 spiro atoms. The van der Waals surface area contributed by atoms with E-state index < -0.39 is 13.3 Å². The Balaban J connectivity index is 2.33. The van der Waals surface area contributed by atoms with Gasteiger partial charge in [0.1, 0.15) is 0 Å². The minimum atomic E-state index is -4.06. The van der Waals surface area contributed by atoms with Gasteiger partial charge in [-0.05, 0) is 28.3 Å². The summed E-state index contributed by atoms with van der Waals surface area (Å²) in [5.74, 6) is 0. The molecule has 3 nitrogen and oxygen atoms in total. The highest BCUT2D eigenvalue weighted by atomic mass is 31.2. The minimum absolute atomic E-state index is 0.445. The molecule has 82 valence electrons. The molecule has 0 fully saturated rings. The Bertz CT molecular complexity index is 609. The van der Waals surface area contributed by atoms with Crippen LogP contribution in [-0.4, -0.2) is 9.79 Å². The van der Waals surface area contributed by atoms with Crippen molar-refractivity contribution >= 4 is 18.4 Å². The summed E-state index contributed by atoms with van der Waals surface area (Å²) in [5.41, 5.74) is 1.18. The van der Waals surface area contributed by atoms with E-state index in [1.807, 2.05) is 36.4 Å². The van der Waals surface area contributed by atoms with E-state index in [1.54, 1.807) is 0 Å². The molecule has 0 saturated carbocycles. The van der Waals surface area contributed by atoms with Crippen molar-refractivity contribution in [3.8, 4) is 0 Å². The van der Waals surface area contributed by atoms with Crippen molar-refractivity contribution in [1.29, 1.82) is 0 Å². The Hall–Kier alpha value is -1.15. The zero-order chi connectivity index (χ0) is 11.3. The Morgan fingerprint density at radius 1 is 1.12 bits per heavy atom. The Kier molecular flexibility index (Phi) is 1.99. The molecule has 2 aromatic carbocycles. The van der Waals surface area contributed by atoms with Gasteiger partial charge in [-0.15, -0.1) is 0 Å². The van der Waals surface area contributed by atoms with Gasteiger partial charge in [-0.3, -0.25) is 4.57 Å². The van der Waals surface area contributed by atoms with Crippen LogP contribution in [0, 0.1) is 0 Å². The molecule has 0 radical (unpaired) electrons. The van der Waals surface area contributed by atoms with E-state index >= 15 is 0 Å². The first kappa shape index (κ1) is 10.0. The Morgan fingerprint density at radius 2 is 1.81 bits per heavy atom. The van der Waals surface area contributed by atoms with Crippen molar-refractivity contribution in [1.82, 2.24) is 0 Å². The van der Waals surface area contributed by atoms with Crippen LogP contribution in [0.3, 0.4) is 0 Å². The van der Waals surface area contributed by atoms with Gasteiger partial charge in [0.15, 0.2) is 0 Å². The second-order valence-corrected chi connectivity index (χ2v) is 5.97. The molecule has 1 atom stereocenters. The van der Waals surface area contributed by atoms with Gasteiger partial charge in [-0.2, -0.15) is 0 Å². The van der Waals surface area contributed by atoms with Gasteiger partial charge < -0.3 is 9.79 Å². The summed E-state index contributed by atoms with van der Waals surface area (Å²) in [4.78, 5) is 18.7. The molecule has 1 aliphatic rings. The van der Waals surface area contributed by atoms with Crippen LogP contribution in [0.25, 0.3) is 10.8 Å². The van der Waals surface area contributed by atoms with Crippen LogP contribution >= 0.6 is 7.60 Å². The molecule has 0 amide bonds. The molecule has 0 heterocycles. The number of rotatable bonds is 1. The number of hydrogen-bond acceptors (Lipinski definition) is 1. The monoisotopic (exact) mass is 234 g/mol. The van der Waals surface area contributed by atoms with Gasteiger partial charge in [0, 0.05) is 0 Å². The van der Waals surface area contributed by atoms with Crippen LogP contribution in [0.4, 0.5) is 0 Å². The summed E-state index contributed by atoms with van der Waals surface area (Å²) in [6, 6.07) is 11.5. The fraction of sp³-hybridized carbons (Fsp3) is 0.167. The molecule has 2 aromatic rings. The van der Waals surface area contributed by atoms with Crippen molar-refractivity contribution in [2.75, 3.05) is 0 Å². The molecule has 2 N–H and O–H groups in total. The molecule has 0 saturated heterocycles. The topological polar surface area (TPSA) is 57.5 Å². The highest BCUT2D eigenvalue weighted by molar-refractivity contribution is 7.52. The summed E-state index contributed by atoms with van der Waals surface area (Å²) in [6.45, 7) is 0. The second-order valence-electron chi connectivity index (χ2n) is 4.17. The van der Waals surface area contributed by atoms with E-state index in [-0.39, 0.29) is 0 Å². The summed E-state index contributed by atoms with van der Waals surface area (Å²) >= 11 is 0. The molecule has 0 bridgehead atoms. The van der Waals surface area contributed by atoms with Crippen molar-refractivity contribution < 1.29 is 14.4 Å². The van der Waals surface area contributed by atoms with Gasteiger partial charge in [-0.25, -0.2) is 0 Å². The third-order valence-electron chi connectivity index (χ3n) is 3.20. The molecular formula is C12H11O3P. The Morgan fingerprint density at radius 3 is 2.50 bits per heavy atom. The minimum Gasteiger partial charge on any atom is -0.324 e. The van der Waals surface area contributed by atoms with E-state index in [0.29, 0.717) is 6.42 Å². The first-order chi connectivity index (χ1) is 7.57. The standard InChI is InChI=1S/C12H11O3P/c13-16(14,15)11-7-9-5-1-3-8-4-2-6-10(11)12(8)9/h1-6,11H,7H2,(H2,13,14,15). The SMILES string of the molecule is O=P(O)(O)C1Cc2cccc3cccc1c23. The summed E-state index contributed by atoms with van der Waals surface area (Å²) in [6.07, 6.45) is 0.445. The van der Waals surface area contributed by atoms with E-state index in [2.05, 4.69) is 0 Å². The average molecular weight is 234 g/mol. The lowest BCUT2D eigenvalue weighted by atomic mass is 10.1. The van der Waals surface area contributed by atoms with E-state index in [1.165, 1.54) is 0 Å². The first-order valence-electron chi connectivity index (χ1n) is 5.13. The molecule has 1 unspecified atom stereocenters. The highest BCUT2D eigenvalue weighted by Gasteiger charge is 2.36. The van der Waals surface area contributed by atoms with Gasteiger partial charge in [0.2, 0.25) is 0 Å². The van der Waals surface area contributed by atoms with Crippen LogP contribution in [-0.2, 0) is 11.0 Å². The van der Waals surface area contributed by atoms with E-state index in [0.717, 1.165) is 21.9 Å². The molecule has 0 aliphatic heterocycles. The van der Waals surface area contributed by atoms with Crippen LogP contribution < -0.4 is 0 Å². The van der Waals surface area contributed by atoms with Crippen molar-refractivity contribution in [3.05, 3.63) is 47.5 Å². The fourth-order valence-corrected chi connectivity index (χ4v) is 3.53. The van der Waals surface area contributed by atoms with E-state index in [4.69, 9.17) is 0 Å². The molecular weight excluding hydrogens is 223 g/mol. The van der Waals surface area contributed by atoms with Crippen molar-refractivity contribution in [2.45, 2.75) is 12.1 Å². The quantitative estimate of drug-likeness (QED) is 0.745. The zero-order valence-corrected chi connectivity index (χ0v) is 9.39. The summed E-state index contributed by atoms with van der Waals surface area (Å²) < 4.78 is 11.4. The van der Waals surface area contributed by atoms with Crippen LogP contribution in [0.2, 0.25) is 0 Å². The smallest absolute Gasteiger partial charge is 0.324 e. The molecule has 4 heteroatoms. The normalized spacial score (nSPS) is 19.2. The van der Waals surface area contributed by atoms with Crippen molar-refractivity contribution in [2.24, 2.45) is 0 Å². The third-order valence-corrected chi connectivity index (χ3v) is 4.47. The predicted octanol–water partition coefficient (Wildman–Crippen LogP) is 2.61. The lowest BCUT2D eigenvalue weighted by molar-refractivity contribution is 0.359. The number of benzene rings is 2. The lowest BCUT2D eigenvalue weighted by Crippen LogP contribution is -1.96. The number of hydrogen-bond donors (Lipinski definition) is 2. The molecule has 1 aliphatic carbocycles. The summed E-state index contributed by atoms with van der Waals surface area (Å²) in [7, 11) is -4.06. The summed E-state index contributed by atoms with van der Waals surface area (Å²) in [5, 5.41) is 2.09. The largest absolute Gasteiger partial charge is 0.333 e. The maximum Gasteiger partial charge on any atom is 0.333 e. The van der Waals surface area contributed by atoms with E-state index in [9.17, 15) is 14.4 Å². The lowest BCUT2D eigenvalue weighted by Gasteiger charge is -2.13. The fourth-order valence-electron chi connectivity index (χ4n) is 2.52. The van der Waals surface area contributed by atoms with Gasteiger partial charge in [0.25, 0.3) is 0 Å². The zero-order valence-electron chi connectivity index (χ0n) is 8.50. The average Bonchev–Trinajstić information content (AvgIpc) is 2.60. The third kappa shape index (κ3) is 1.33. The maximum atomic E-state index is 11.4.